The first-order chi connectivity index (χ1) is 14.3. The van der Waals surface area contributed by atoms with Crippen molar-refractivity contribution in [1.82, 2.24) is 9.88 Å². The smallest absolute Gasteiger partial charge is 0.324 e. The molecular weight excluding hydrogens is 378 g/mol. The van der Waals surface area contributed by atoms with Gasteiger partial charge >= 0.3 is 6.03 Å². The number of hydrogen-bond donors (Lipinski definition) is 0. The zero-order valence-electron chi connectivity index (χ0n) is 16.5. The average molecular weight is 404 g/mol. The van der Waals surface area contributed by atoms with Crippen LogP contribution in [-0.2, 0) is 6.42 Å². The molecule has 1 saturated heterocycles. The Bertz CT molecular complexity index is 992. The minimum atomic E-state index is 0.166. The fraction of sp³-hybridized carbons (Fsp3) is 0.333. The first kappa shape index (κ1) is 18.4. The van der Waals surface area contributed by atoms with Crippen molar-refractivity contribution in [3.05, 3.63) is 70.5 Å². The van der Waals surface area contributed by atoms with Crippen molar-refractivity contribution in [3.8, 4) is 11.3 Å². The fourth-order valence-corrected chi connectivity index (χ4v) is 5.44. The van der Waals surface area contributed by atoms with E-state index in [0.29, 0.717) is 5.92 Å². The van der Waals surface area contributed by atoms with Crippen molar-refractivity contribution < 1.29 is 4.79 Å². The standard InChI is InChI=1S/C24H25N3OS/c28-24(27-14-6-10-19-9-4-5-11-22(19)27)26-15-12-20(13-16-26)23-25-21(17-29-23)18-7-2-1-3-8-18/h1-5,7-9,11,17,20H,6,10,12-16H2. The highest BCUT2D eigenvalue weighted by molar-refractivity contribution is 7.10. The van der Waals surface area contributed by atoms with Crippen molar-refractivity contribution in [2.45, 2.75) is 31.6 Å². The molecule has 4 nitrogen and oxygen atoms in total. The van der Waals surface area contributed by atoms with Crippen LogP contribution in [0, 0.1) is 0 Å². The quantitative estimate of drug-likeness (QED) is 0.561. The molecule has 0 saturated carbocycles. The van der Waals surface area contributed by atoms with Gasteiger partial charge in [0, 0.05) is 42.2 Å². The molecule has 0 N–H and O–H groups in total. The molecule has 1 aromatic heterocycles. The summed E-state index contributed by atoms with van der Waals surface area (Å²) >= 11 is 1.75. The highest BCUT2D eigenvalue weighted by Gasteiger charge is 2.30. The molecule has 0 unspecified atom stereocenters. The van der Waals surface area contributed by atoms with Crippen LogP contribution in [-0.4, -0.2) is 35.5 Å². The van der Waals surface area contributed by atoms with E-state index in [9.17, 15) is 4.79 Å². The van der Waals surface area contributed by atoms with Crippen LogP contribution in [0.25, 0.3) is 11.3 Å². The van der Waals surface area contributed by atoms with E-state index in [1.165, 1.54) is 16.1 Å². The number of nitrogens with zero attached hydrogens (tertiary/aromatic N) is 3. The third kappa shape index (κ3) is 3.67. The number of rotatable bonds is 2. The Hall–Kier alpha value is -2.66. The number of amides is 2. The highest BCUT2D eigenvalue weighted by atomic mass is 32.1. The van der Waals surface area contributed by atoms with Gasteiger partial charge in [0.05, 0.1) is 10.7 Å². The van der Waals surface area contributed by atoms with Gasteiger partial charge in [0.2, 0.25) is 0 Å². The second-order valence-corrected chi connectivity index (χ2v) is 8.75. The number of para-hydroxylation sites is 1. The Morgan fingerprint density at radius 3 is 2.55 bits per heavy atom. The van der Waals surface area contributed by atoms with E-state index in [0.717, 1.165) is 56.7 Å². The van der Waals surface area contributed by atoms with E-state index in [1.54, 1.807) is 11.3 Å². The monoisotopic (exact) mass is 403 g/mol. The molecule has 0 radical (unpaired) electrons. The predicted octanol–water partition coefficient (Wildman–Crippen LogP) is 5.56. The minimum Gasteiger partial charge on any atom is -0.324 e. The maximum absolute atomic E-state index is 13.2. The summed E-state index contributed by atoms with van der Waals surface area (Å²) in [6.07, 6.45) is 4.09. The van der Waals surface area contributed by atoms with E-state index in [1.807, 2.05) is 21.9 Å². The lowest BCUT2D eigenvalue weighted by atomic mass is 9.97. The number of likely N-dealkylation sites (tertiary alicyclic amines) is 1. The molecule has 0 spiro atoms. The molecular formula is C24H25N3OS. The van der Waals surface area contributed by atoms with Gasteiger partial charge in [0.15, 0.2) is 0 Å². The van der Waals surface area contributed by atoms with Gasteiger partial charge in [-0.15, -0.1) is 11.3 Å². The normalized spacial score (nSPS) is 17.2. The molecule has 5 rings (SSSR count). The molecule has 1 fully saturated rings. The molecule has 2 amide bonds. The molecule has 2 aromatic carbocycles. The zero-order valence-corrected chi connectivity index (χ0v) is 17.3. The van der Waals surface area contributed by atoms with Gasteiger partial charge in [0.25, 0.3) is 0 Å². The van der Waals surface area contributed by atoms with Gasteiger partial charge in [-0.25, -0.2) is 9.78 Å². The molecule has 0 aliphatic carbocycles. The topological polar surface area (TPSA) is 36.4 Å². The number of hydrogen-bond acceptors (Lipinski definition) is 3. The Kier molecular flexibility index (Phi) is 5.06. The van der Waals surface area contributed by atoms with Crippen molar-refractivity contribution >= 4 is 23.1 Å². The van der Waals surface area contributed by atoms with Crippen LogP contribution < -0.4 is 4.90 Å². The number of aryl methyl sites for hydroxylation is 1. The molecule has 0 atom stereocenters. The van der Waals surface area contributed by atoms with E-state index in [2.05, 4.69) is 47.8 Å². The Labute approximate surface area is 175 Å². The maximum atomic E-state index is 13.2. The molecule has 3 aromatic rings. The fourth-order valence-electron chi connectivity index (χ4n) is 4.44. The zero-order chi connectivity index (χ0) is 19.6. The van der Waals surface area contributed by atoms with Crippen LogP contribution in [0.2, 0.25) is 0 Å². The van der Waals surface area contributed by atoms with Crippen molar-refractivity contribution in [1.29, 1.82) is 0 Å². The van der Waals surface area contributed by atoms with Crippen LogP contribution >= 0.6 is 11.3 Å². The summed E-state index contributed by atoms with van der Waals surface area (Å²) in [4.78, 5) is 22.1. The summed E-state index contributed by atoms with van der Waals surface area (Å²) < 4.78 is 0. The summed E-state index contributed by atoms with van der Waals surface area (Å²) in [5.41, 5.74) is 4.62. The SMILES string of the molecule is O=C(N1CCC(c2nc(-c3ccccc3)cs2)CC1)N1CCCc2ccccc21. The lowest BCUT2D eigenvalue weighted by Gasteiger charge is -2.37. The summed E-state index contributed by atoms with van der Waals surface area (Å²) in [5, 5.41) is 3.37. The third-order valence-corrected chi connectivity index (χ3v) is 7.05. The number of piperidine rings is 1. The lowest BCUT2D eigenvalue weighted by Crippen LogP contribution is -2.48. The number of benzene rings is 2. The number of carbonyl (C=O) groups is 1. The summed E-state index contributed by atoms with van der Waals surface area (Å²) in [6.45, 7) is 2.44. The van der Waals surface area contributed by atoms with Gasteiger partial charge < -0.3 is 4.90 Å². The number of aromatic nitrogens is 1. The number of anilines is 1. The Morgan fingerprint density at radius 2 is 1.72 bits per heavy atom. The van der Waals surface area contributed by atoms with Crippen LogP contribution in [0.5, 0.6) is 0 Å². The van der Waals surface area contributed by atoms with E-state index in [4.69, 9.17) is 4.98 Å². The van der Waals surface area contributed by atoms with Gasteiger partial charge in [-0.3, -0.25) is 4.90 Å². The number of fused-ring (bicyclic) bond motifs is 1. The van der Waals surface area contributed by atoms with E-state index >= 15 is 0 Å². The largest absolute Gasteiger partial charge is 0.324 e. The maximum Gasteiger partial charge on any atom is 0.324 e. The summed E-state index contributed by atoms with van der Waals surface area (Å²) in [7, 11) is 0. The summed E-state index contributed by atoms with van der Waals surface area (Å²) in [5.74, 6) is 0.454. The molecule has 0 bridgehead atoms. The Balaban J connectivity index is 1.24. The van der Waals surface area contributed by atoms with Crippen molar-refractivity contribution in [2.75, 3.05) is 24.5 Å². The van der Waals surface area contributed by atoms with Gasteiger partial charge in [-0.2, -0.15) is 0 Å². The highest BCUT2D eigenvalue weighted by Crippen LogP contribution is 2.34. The first-order valence-electron chi connectivity index (χ1n) is 10.4. The van der Waals surface area contributed by atoms with Crippen LogP contribution in [0.4, 0.5) is 10.5 Å². The van der Waals surface area contributed by atoms with Crippen LogP contribution in [0.1, 0.15) is 35.8 Å². The predicted molar refractivity (Wildman–Crippen MR) is 119 cm³/mol. The molecule has 3 heterocycles. The molecule has 5 heteroatoms. The van der Waals surface area contributed by atoms with Crippen LogP contribution in [0.3, 0.4) is 0 Å². The number of urea groups is 1. The number of carbonyl (C=O) groups excluding carboxylic acids is 1. The van der Waals surface area contributed by atoms with Gasteiger partial charge in [-0.1, -0.05) is 48.5 Å². The van der Waals surface area contributed by atoms with Crippen molar-refractivity contribution in [2.24, 2.45) is 0 Å². The molecule has 29 heavy (non-hydrogen) atoms. The number of thiazole rings is 1. The molecule has 148 valence electrons. The first-order valence-corrected chi connectivity index (χ1v) is 11.3. The second-order valence-electron chi connectivity index (χ2n) is 7.86. The molecule has 2 aliphatic rings. The van der Waals surface area contributed by atoms with Gasteiger partial charge in [0.1, 0.15) is 0 Å². The van der Waals surface area contributed by atoms with E-state index < -0.39 is 0 Å². The van der Waals surface area contributed by atoms with E-state index in [-0.39, 0.29) is 6.03 Å². The minimum absolute atomic E-state index is 0.166. The third-order valence-electron chi connectivity index (χ3n) is 6.05. The lowest BCUT2D eigenvalue weighted by molar-refractivity contribution is 0.187. The van der Waals surface area contributed by atoms with Gasteiger partial charge in [-0.05, 0) is 37.3 Å². The van der Waals surface area contributed by atoms with Crippen molar-refractivity contribution in [3.63, 3.8) is 0 Å². The van der Waals surface area contributed by atoms with Crippen LogP contribution in [0.15, 0.2) is 60.0 Å². The Morgan fingerprint density at radius 1 is 0.966 bits per heavy atom. The average Bonchev–Trinajstić information content (AvgIpc) is 3.29. The molecule has 2 aliphatic heterocycles. The summed E-state index contributed by atoms with van der Waals surface area (Å²) in [6, 6.07) is 18.8. The second kappa shape index (κ2) is 7.99.